The number of aryl methyl sites for hydroxylation is 1. The Labute approximate surface area is 166 Å². The lowest BCUT2D eigenvalue weighted by molar-refractivity contribution is 0.0634. The number of anilines is 1. The lowest BCUT2D eigenvalue weighted by atomic mass is 9.91. The molecule has 1 amide bonds. The number of amides is 1. The van der Waals surface area contributed by atoms with Gasteiger partial charge in [-0.1, -0.05) is 43.6 Å². The summed E-state index contributed by atoms with van der Waals surface area (Å²) in [5.74, 6) is 0.635. The Bertz CT molecular complexity index is 842. The Morgan fingerprint density at radius 3 is 2.48 bits per heavy atom. The molecule has 1 N–H and O–H groups in total. The van der Waals surface area contributed by atoms with Gasteiger partial charge in [-0.15, -0.1) is 0 Å². The summed E-state index contributed by atoms with van der Waals surface area (Å²) in [6, 6.07) is 6.21. The standard InChI is InChI=1S/C21H28ClN3O2/c1-12(2)11-15-10-8-9-13(3)16(15)17-14(4)18(22)24-19(23-17)25-20(26)27-21(5,6)7/h8-10,12H,11H2,1-7H3,(H,23,24,25,26). The number of aromatic nitrogens is 2. The van der Waals surface area contributed by atoms with Gasteiger partial charge in [-0.2, -0.15) is 0 Å². The number of halogens is 1. The van der Waals surface area contributed by atoms with Crippen LogP contribution in [-0.4, -0.2) is 21.7 Å². The van der Waals surface area contributed by atoms with E-state index in [1.807, 2.05) is 6.92 Å². The first-order valence-electron chi connectivity index (χ1n) is 9.11. The van der Waals surface area contributed by atoms with Crippen LogP contribution in [0.4, 0.5) is 10.7 Å². The molecule has 0 aliphatic carbocycles. The second kappa shape index (κ2) is 8.26. The molecule has 0 saturated carbocycles. The third-order valence-corrected chi connectivity index (χ3v) is 4.29. The summed E-state index contributed by atoms with van der Waals surface area (Å²) in [5.41, 5.74) is 4.25. The summed E-state index contributed by atoms with van der Waals surface area (Å²) in [6.07, 6.45) is 0.313. The van der Waals surface area contributed by atoms with Gasteiger partial charge in [0.25, 0.3) is 0 Å². The second-order valence-corrected chi connectivity index (χ2v) is 8.50. The molecule has 0 atom stereocenters. The molecule has 0 spiro atoms. The minimum absolute atomic E-state index is 0.133. The summed E-state index contributed by atoms with van der Waals surface area (Å²) >= 11 is 6.35. The van der Waals surface area contributed by atoms with Crippen LogP contribution in [0.3, 0.4) is 0 Å². The lowest BCUT2D eigenvalue weighted by Crippen LogP contribution is -2.28. The first-order valence-corrected chi connectivity index (χ1v) is 9.48. The maximum atomic E-state index is 12.1. The van der Waals surface area contributed by atoms with E-state index in [9.17, 15) is 4.79 Å². The number of rotatable bonds is 4. The number of hydrogen-bond donors (Lipinski definition) is 1. The van der Waals surface area contributed by atoms with Crippen molar-refractivity contribution in [2.75, 3.05) is 5.32 Å². The molecule has 1 heterocycles. The van der Waals surface area contributed by atoms with Crippen LogP contribution in [0.15, 0.2) is 18.2 Å². The van der Waals surface area contributed by atoms with Crippen LogP contribution < -0.4 is 5.32 Å². The zero-order valence-corrected chi connectivity index (χ0v) is 17.9. The van der Waals surface area contributed by atoms with Gasteiger partial charge in [-0.25, -0.2) is 14.8 Å². The summed E-state index contributed by atoms with van der Waals surface area (Å²) in [4.78, 5) is 20.9. The molecule has 5 nitrogen and oxygen atoms in total. The topological polar surface area (TPSA) is 64.1 Å². The molecule has 0 unspecified atom stereocenters. The Balaban J connectivity index is 2.50. The summed E-state index contributed by atoms with van der Waals surface area (Å²) in [7, 11) is 0. The molecule has 1 aromatic heterocycles. The average Bonchev–Trinajstić information content (AvgIpc) is 2.49. The Morgan fingerprint density at radius 2 is 1.89 bits per heavy atom. The minimum atomic E-state index is -0.611. The van der Waals surface area contributed by atoms with Gasteiger partial charge in [0.05, 0.1) is 5.69 Å². The molecule has 2 aromatic rings. The smallest absolute Gasteiger partial charge is 0.414 e. The highest BCUT2D eigenvalue weighted by atomic mass is 35.5. The van der Waals surface area contributed by atoms with Crippen molar-refractivity contribution in [3.8, 4) is 11.3 Å². The van der Waals surface area contributed by atoms with Crippen molar-refractivity contribution >= 4 is 23.6 Å². The normalized spacial score (nSPS) is 11.6. The molecule has 2 rings (SSSR count). The van der Waals surface area contributed by atoms with Crippen LogP contribution >= 0.6 is 11.6 Å². The van der Waals surface area contributed by atoms with Crippen LogP contribution in [0, 0.1) is 19.8 Å². The van der Waals surface area contributed by atoms with E-state index in [0.717, 1.165) is 28.8 Å². The monoisotopic (exact) mass is 389 g/mol. The average molecular weight is 390 g/mol. The van der Waals surface area contributed by atoms with Crippen molar-refractivity contribution in [2.24, 2.45) is 5.92 Å². The van der Waals surface area contributed by atoms with E-state index in [4.69, 9.17) is 16.3 Å². The first kappa shape index (κ1) is 21.2. The molecule has 0 radical (unpaired) electrons. The fraction of sp³-hybridized carbons (Fsp3) is 0.476. The Kier molecular flexibility index (Phi) is 6.47. The fourth-order valence-electron chi connectivity index (χ4n) is 2.86. The van der Waals surface area contributed by atoms with Crippen molar-refractivity contribution < 1.29 is 9.53 Å². The van der Waals surface area contributed by atoms with E-state index in [0.29, 0.717) is 11.1 Å². The van der Waals surface area contributed by atoms with Gasteiger partial charge >= 0.3 is 6.09 Å². The number of carbonyl (C=O) groups excluding carboxylic acids is 1. The third kappa shape index (κ3) is 5.67. The Hall–Kier alpha value is -2.14. The molecule has 0 aliphatic heterocycles. The van der Waals surface area contributed by atoms with E-state index in [2.05, 4.69) is 54.3 Å². The van der Waals surface area contributed by atoms with E-state index in [-0.39, 0.29) is 5.95 Å². The SMILES string of the molecule is Cc1cccc(CC(C)C)c1-c1nc(NC(=O)OC(C)(C)C)nc(Cl)c1C. The first-order chi connectivity index (χ1) is 12.5. The van der Waals surface area contributed by atoms with Crippen LogP contribution in [0.2, 0.25) is 5.15 Å². The number of ether oxygens (including phenoxy) is 1. The van der Waals surface area contributed by atoms with Crippen molar-refractivity contribution in [1.82, 2.24) is 9.97 Å². The zero-order chi connectivity index (χ0) is 20.4. The number of hydrogen-bond acceptors (Lipinski definition) is 4. The van der Waals surface area contributed by atoms with E-state index in [1.165, 1.54) is 5.56 Å². The number of benzene rings is 1. The molecule has 6 heteroatoms. The maximum Gasteiger partial charge on any atom is 0.414 e. The lowest BCUT2D eigenvalue weighted by Gasteiger charge is -2.20. The van der Waals surface area contributed by atoms with Crippen molar-refractivity contribution in [2.45, 2.75) is 60.5 Å². The molecular weight excluding hydrogens is 362 g/mol. The molecule has 1 aromatic carbocycles. The van der Waals surface area contributed by atoms with Gasteiger partial charge in [0.1, 0.15) is 10.8 Å². The van der Waals surface area contributed by atoms with Crippen LogP contribution in [0.1, 0.15) is 51.3 Å². The van der Waals surface area contributed by atoms with Crippen LogP contribution in [0.5, 0.6) is 0 Å². The fourth-order valence-corrected chi connectivity index (χ4v) is 3.03. The van der Waals surface area contributed by atoms with Gasteiger partial charge in [0.15, 0.2) is 0 Å². The van der Waals surface area contributed by atoms with Gasteiger partial charge in [-0.05, 0) is 58.1 Å². The molecule has 0 aliphatic rings. The molecule has 0 bridgehead atoms. The van der Waals surface area contributed by atoms with E-state index < -0.39 is 11.7 Å². The molecule has 27 heavy (non-hydrogen) atoms. The van der Waals surface area contributed by atoms with Crippen LogP contribution in [-0.2, 0) is 11.2 Å². The largest absolute Gasteiger partial charge is 0.444 e. The van der Waals surface area contributed by atoms with Crippen LogP contribution in [0.25, 0.3) is 11.3 Å². The summed E-state index contributed by atoms with van der Waals surface area (Å²) < 4.78 is 5.28. The summed E-state index contributed by atoms with van der Waals surface area (Å²) in [5, 5.41) is 2.90. The molecule has 0 fully saturated rings. The highest BCUT2D eigenvalue weighted by molar-refractivity contribution is 6.30. The minimum Gasteiger partial charge on any atom is -0.444 e. The highest BCUT2D eigenvalue weighted by Crippen LogP contribution is 2.33. The molecule has 0 saturated heterocycles. The van der Waals surface area contributed by atoms with Crippen molar-refractivity contribution in [3.63, 3.8) is 0 Å². The highest BCUT2D eigenvalue weighted by Gasteiger charge is 2.20. The second-order valence-electron chi connectivity index (χ2n) is 8.15. The van der Waals surface area contributed by atoms with Gasteiger partial charge in [-0.3, -0.25) is 5.32 Å². The Morgan fingerprint density at radius 1 is 1.22 bits per heavy atom. The number of carbonyl (C=O) groups is 1. The molecule has 146 valence electrons. The quantitative estimate of drug-likeness (QED) is 0.655. The van der Waals surface area contributed by atoms with Gasteiger partial charge in [0.2, 0.25) is 5.95 Å². The van der Waals surface area contributed by atoms with Gasteiger partial charge < -0.3 is 4.74 Å². The van der Waals surface area contributed by atoms with Crippen molar-refractivity contribution in [1.29, 1.82) is 0 Å². The maximum absolute atomic E-state index is 12.1. The molecular formula is C21H28ClN3O2. The van der Waals surface area contributed by atoms with Gasteiger partial charge in [0, 0.05) is 11.1 Å². The zero-order valence-electron chi connectivity index (χ0n) is 17.1. The number of nitrogens with one attached hydrogen (secondary N) is 1. The predicted octanol–water partition coefficient (Wildman–Crippen LogP) is 5.96. The third-order valence-electron chi connectivity index (χ3n) is 3.92. The predicted molar refractivity (Wildman–Crippen MR) is 110 cm³/mol. The van der Waals surface area contributed by atoms with Crippen molar-refractivity contribution in [3.05, 3.63) is 40.0 Å². The van der Waals surface area contributed by atoms with E-state index >= 15 is 0 Å². The summed E-state index contributed by atoms with van der Waals surface area (Å²) in [6.45, 7) is 13.7. The van der Waals surface area contributed by atoms with E-state index in [1.54, 1.807) is 20.8 Å². The number of nitrogens with zero attached hydrogens (tertiary/aromatic N) is 2.